The van der Waals surface area contributed by atoms with E-state index in [0.717, 1.165) is 6.26 Å². The van der Waals surface area contributed by atoms with Gasteiger partial charge in [0.25, 0.3) is 5.91 Å². The van der Waals surface area contributed by atoms with E-state index in [1.807, 2.05) is 0 Å². The molecular formula is C12H9F3N2O2. The summed E-state index contributed by atoms with van der Waals surface area (Å²) in [4.78, 5) is 15.3. The van der Waals surface area contributed by atoms with Gasteiger partial charge < -0.3 is 9.73 Å². The fraction of sp³-hybridized carbons (Fsp3) is 0.167. The molecule has 0 spiro atoms. The summed E-state index contributed by atoms with van der Waals surface area (Å²) < 4.78 is 41.0. The zero-order valence-electron chi connectivity index (χ0n) is 9.57. The molecule has 0 aliphatic carbocycles. The fourth-order valence-corrected chi connectivity index (χ4v) is 1.40. The summed E-state index contributed by atoms with van der Waals surface area (Å²) in [6.45, 7) is -1.38. The van der Waals surface area contributed by atoms with Gasteiger partial charge >= 0.3 is 6.18 Å². The van der Waals surface area contributed by atoms with Crippen LogP contribution in [0.5, 0.6) is 0 Å². The zero-order chi connectivity index (χ0) is 13.9. The second-order valence-corrected chi connectivity index (χ2v) is 3.74. The number of amides is 1. The van der Waals surface area contributed by atoms with Gasteiger partial charge in [0.2, 0.25) is 0 Å². The molecule has 0 saturated heterocycles. The molecule has 0 unspecified atom stereocenters. The van der Waals surface area contributed by atoms with E-state index >= 15 is 0 Å². The standard InChI is InChI=1S/C12H9F3N2O2/c13-12(14,15)7-17-11(18)9-4-10(19-6-9)8-2-1-3-16-5-8/h1-6H,7H2,(H,17,18). The number of halogens is 3. The van der Waals surface area contributed by atoms with E-state index in [1.165, 1.54) is 12.3 Å². The van der Waals surface area contributed by atoms with Crippen LogP contribution in [0, 0.1) is 0 Å². The predicted molar refractivity (Wildman–Crippen MR) is 60.3 cm³/mol. The Morgan fingerprint density at radius 2 is 2.21 bits per heavy atom. The highest BCUT2D eigenvalue weighted by Crippen LogP contribution is 2.21. The maximum Gasteiger partial charge on any atom is 0.405 e. The van der Waals surface area contributed by atoms with E-state index in [0.29, 0.717) is 11.3 Å². The SMILES string of the molecule is O=C(NCC(F)(F)F)c1coc(-c2cccnc2)c1. The molecule has 100 valence electrons. The van der Waals surface area contributed by atoms with Crippen LogP contribution in [0.25, 0.3) is 11.3 Å². The number of aromatic nitrogens is 1. The molecule has 19 heavy (non-hydrogen) atoms. The maximum absolute atomic E-state index is 12.0. The molecule has 2 rings (SSSR count). The number of hydrogen-bond acceptors (Lipinski definition) is 3. The van der Waals surface area contributed by atoms with E-state index in [2.05, 4.69) is 4.98 Å². The van der Waals surface area contributed by atoms with E-state index in [-0.39, 0.29) is 5.56 Å². The first-order valence-electron chi connectivity index (χ1n) is 5.29. The van der Waals surface area contributed by atoms with E-state index in [1.54, 1.807) is 23.6 Å². The lowest BCUT2D eigenvalue weighted by Crippen LogP contribution is -2.33. The third-order valence-corrected chi connectivity index (χ3v) is 2.26. The molecule has 0 radical (unpaired) electrons. The van der Waals surface area contributed by atoms with E-state index < -0.39 is 18.6 Å². The van der Waals surface area contributed by atoms with Crippen LogP contribution in [0.3, 0.4) is 0 Å². The average molecular weight is 270 g/mol. The Morgan fingerprint density at radius 3 is 2.84 bits per heavy atom. The topological polar surface area (TPSA) is 55.1 Å². The molecule has 0 saturated carbocycles. The molecule has 0 aromatic carbocycles. The molecule has 2 heterocycles. The first-order chi connectivity index (χ1) is 8.96. The Kier molecular flexibility index (Phi) is 3.55. The maximum atomic E-state index is 12.0. The zero-order valence-corrected chi connectivity index (χ0v) is 9.57. The van der Waals surface area contributed by atoms with Gasteiger partial charge in [0.1, 0.15) is 18.6 Å². The first kappa shape index (κ1) is 13.1. The van der Waals surface area contributed by atoms with Crippen LogP contribution in [0.4, 0.5) is 13.2 Å². The van der Waals surface area contributed by atoms with E-state index in [9.17, 15) is 18.0 Å². The van der Waals surface area contributed by atoms with Gasteiger partial charge in [-0.3, -0.25) is 9.78 Å². The molecule has 0 aliphatic heterocycles. The highest BCUT2D eigenvalue weighted by molar-refractivity contribution is 5.94. The van der Waals surface area contributed by atoms with Crippen molar-refractivity contribution in [1.82, 2.24) is 10.3 Å². The van der Waals surface area contributed by atoms with Crippen LogP contribution in [0.15, 0.2) is 41.3 Å². The molecule has 0 atom stereocenters. The van der Waals surface area contributed by atoms with Crippen LogP contribution in [0.1, 0.15) is 10.4 Å². The molecule has 0 bridgehead atoms. The largest absolute Gasteiger partial charge is 0.463 e. The van der Waals surface area contributed by atoms with Crippen molar-refractivity contribution >= 4 is 5.91 Å². The van der Waals surface area contributed by atoms with Crippen LogP contribution in [0.2, 0.25) is 0 Å². The van der Waals surface area contributed by atoms with Crippen molar-refractivity contribution in [3.8, 4) is 11.3 Å². The molecule has 1 N–H and O–H groups in total. The minimum atomic E-state index is -4.44. The van der Waals surface area contributed by atoms with Gasteiger partial charge in [0, 0.05) is 18.0 Å². The molecule has 4 nitrogen and oxygen atoms in total. The predicted octanol–water partition coefficient (Wildman–Crippen LogP) is 2.63. The summed E-state index contributed by atoms with van der Waals surface area (Å²) in [6.07, 6.45) is -0.237. The minimum absolute atomic E-state index is 0.0307. The Morgan fingerprint density at radius 1 is 1.42 bits per heavy atom. The Bertz CT molecular complexity index is 564. The summed E-state index contributed by atoms with van der Waals surface area (Å²) >= 11 is 0. The van der Waals surface area contributed by atoms with Crippen LogP contribution in [-0.4, -0.2) is 23.6 Å². The average Bonchev–Trinajstić information content (AvgIpc) is 2.86. The van der Waals surface area contributed by atoms with Gasteiger partial charge in [-0.1, -0.05) is 0 Å². The molecule has 1 amide bonds. The fourth-order valence-electron chi connectivity index (χ4n) is 1.40. The molecule has 0 aliphatic rings. The highest BCUT2D eigenvalue weighted by Gasteiger charge is 2.28. The van der Waals surface area contributed by atoms with Crippen LogP contribution >= 0.6 is 0 Å². The number of carbonyl (C=O) groups is 1. The van der Waals surface area contributed by atoms with E-state index in [4.69, 9.17) is 4.42 Å². The van der Waals surface area contributed by atoms with Crippen molar-refractivity contribution < 1.29 is 22.4 Å². The summed E-state index contributed by atoms with van der Waals surface area (Å²) in [6, 6.07) is 4.76. The molecule has 0 fully saturated rings. The quantitative estimate of drug-likeness (QED) is 0.932. The molecular weight excluding hydrogens is 261 g/mol. The van der Waals surface area contributed by atoms with Crippen molar-refractivity contribution in [2.45, 2.75) is 6.18 Å². The number of pyridine rings is 1. The summed E-state index contributed by atoms with van der Waals surface area (Å²) in [5.41, 5.74) is 0.667. The smallest absolute Gasteiger partial charge is 0.405 e. The normalized spacial score (nSPS) is 11.3. The number of nitrogens with zero attached hydrogens (tertiary/aromatic N) is 1. The lowest BCUT2D eigenvalue weighted by Gasteiger charge is -2.06. The number of nitrogens with one attached hydrogen (secondary N) is 1. The van der Waals surface area contributed by atoms with Gasteiger partial charge in [0.15, 0.2) is 0 Å². The Labute approximate surface area is 106 Å². The lowest BCUT2D eigenvalue weighted by molar-refractivity contribution is -0.123. The molecule has 2 aromatic heterocycles. The van der Waals surface area contributed by atoms with Gasteiger partial charge in [0.05, 0.1) is 5.56 Å². The number of carbonyl (C=O) groups excluding carboxylic acids is 1. The monoisotopic (exact) mass is 270 g/mol. The van der Waals surface area contributed by atoms with Gasteiger partial charge in [-0.15, -0.1) is 0 Å². The second kappa shape index (κ2) is 5.13. The van der Waals surface area contributed by atoms with Crippen LogP contribution in [-0.2, 0) is 0 Å². The molecule has 2 aromatic rings. The first-order valence-corrected chi connectivity index (χ1v) is 5.29. The third-order valence-electron chi connectivity index (χ3n) is 2.26. The summed E-state index contributed by atoms with van der Waals surface area (Å²) in [7, 11) is 0. The third kappa shape index (κ3) is 3.57. The van der Waals surface area contributed by atoms with Crippen molar-refractivity contribution in [1.29, 1.82) is 0 Å². The van der Waals surface area contributed by atoms with Crippen molar-refractivity contribution in [3.05, 3.63) is 42.4 Å². The Hall–Kier alpha value is -2.31. The van der Waals surface area contributed by atoms with Gasteiger partial charge in [-0.2, -0.15) is 13.2 Å². The summed E-state index contributed by atoms with van der Waals surface area (Å²) in [5.74, 6) is -0.471. The Balaban J connectivity index is 2.07. The van der Waals surface area contributed by atoms with Crippen molar-refractivity contribution in [2.75, 3.05) is 6.54 Å². The lowest BCUT2D eigenvalue weighted by atomic mass is 10.2. The number of hydrogen-bond donors (Lipinski definition) is 1. The molecule has 7 heteroatoms. The summed E-state index contributed by atoms with van der Waals surface area (Å²) in [5, 5.41) is 1.76. The number of alkyl halides is 3. The van der Waals surface area contributed by atoms with Crippen molar-refractivity contribution in [2.24, 2.45) is 0 Å². The number of furan rings is 1. The number of rotatable bonds is 3. The van der Waals surface area contributed by atoms with Crippen molar-refractivity contribution in [3.63, 3.8) is 0 Å². The van der Waals surface area contributed by atoms with Gasteiger partial charge in [-0.05, 0) is 18.2 Å². The van der Waals surface area contributed by atoms with Gasteiger partial charge in [-0.25, -0.2) is 0 Å². The minimum Gasteiger partial charge on any atom is -0.463 e. The second-order valence-electron chi connectivity index (χ2n) is 3.74. The highest BCUT2D eigenvalue weighted by atomic mass is 19.4. The van der Waals surface area contributed by atoms with Crippen LogP contribution < -0.4 is 5.32 Å².